The van der Waals surface area contributed by atoms with Crippen LogP contribution in [0.15, 0.2) is 11.6 Å². The number of hydrogen-bond acceptors (Lipinski definition) is 4. The van der Waals surface area contributed by atoms with Gasteiger partial charge in [0.05, 0.1) is 5.69 Å². The highest BCUT2D eigenvalue weighted by molar-refractivity contribution is 7.15. The third-order valence-electron chi connectivity index (χ3n) is 4.22. The van der Waals surface area contributed by atoms with E-state index in [2.05, 4.69) is 47.0 Å². The number of hydrogen-bond donors (Lipinski definition) is 1. The molecule has 0 spiro atoms. The van der Waals surface area contributed by atoms with Gasteiger partial charge in [-0.2, -0.15) is 0 Å². The molecule has 1 unspecified atom stereocenters. The van der Waals surface area contributed by atoms with Crippen molar-refractivity contribution in [1.82, 2.24) is 14.7 Å². The Hall–Kier alpha value is -1.07. The van der Waals surface area contributed by atoms with Crippen LogP contribution >= 0.6 is 11.3 Å². The van der Waals surface area contributed by atoms with E-state index in [1.54, 1.807) is 11.3 Å². The minimum Gasteiger partial charge on any atom is -0.352 e. The summed E-state index contributed by atoms with van der Waals surface area (Å²) in [5, 5.41) is 5.57. The molecule has 20 heavy (non-hydrogen) atoms. The number of anilines is 1. The van der Waals surface area contributed by atoms with Crippen molar-refractivity contribution < 1.29 is 0 Å². The Kier molecular flexibility index (Phi) is 3.98. The first-order chi connectivity index (χ1) is 9.72. The van der Waals surface area contributed by atoms with E-state index in [1.807, 2.05) is 0 Å². The Bertz CT molecular complexity index is 571. The van der Waals surface area contributed by atoms with E-state index in [-0.39, 0.29) is 0 Å². The third kappa shape index (κ3) is 2.33. The lowest BCUT2D eigenvalue weighted by Crippen LogP contribution is -2.34. The first-order valence-electron chi connectivity index (χ1n) is 7.64. The molecular weight excluding hydrogens is 268 g/mol. The Morgan fingerprint density at radius 2 is 2.35 bits per heavy atom. The zero-order valence-corrected chi connectivity index (χ0v) is 13.4. The van der Waals surface area contributed by atoms with Gasteiger partial charge in [-0.1, -0.05) is 20.8 Å². The number of rotatable bonds is 5. The number of aromatic nitrogens is 2. The van der Waals surface area contributed by atoms with Crippen LogP contribution in [0.1, 0.15) is 39.3 Å². The van der Waals surface area contributed by atoms with Crippen molar-refractivity contribution in [1.29, 1.82) is 0 Å². The zero-order chi connectivity index (χ0) is 14.1. The van der Waals surface area contributed by atoms with Gasteiger partial charge in [-0.15, -0.1) is 11.3 Å². The van der Waals surface area contributed by atoms with Gasteiger partial charge < -0.3 is 10.2 Å². The number of fused-ring (bicyclic) bond motifs is 1. The molecular formula is C15H24N4S. The fourth-order valence-corrected chi connectivity index (χ4v) is 3.94. The van der Waals surface area contributed by atoms with E-state index < -0.39 is 0 Å². The van der Waals surface area contributed by atoms with Crippen LogP contribution in [0.5, 0.6) is 0 Å². The minimum atomic E-state index is 0.639. The van der Waals surface area contributed by atoms with Gasteiger partial charge in [0, 0.05) is 30.7 Å². The first-order valence-corrected chi connectivity index (χ1v) is 8.52. The van der Waals surface area contributed by atoms with Crippen LogP contribution in [0.3, 0.4) is 0 Å². The lowest BCUT2D eigenvalue weighted by molar-refractivity contribution is 0.488. The maximum absolute atomic E-state index is 4.91. The largest absolute Gasteiger partial charge is 0.352 e. The molecule has 2 aromatic heterocycles. The molecule has 0 aliphatic carbocycles. The van der Waals surface area contributed by atoms with Crippen LogP contribution in [-0.4, -0.2) is 28.5 Å². The van der Waals surface area contributed by atoms with E-state index in [4.69, 9.17) is 4.98 Å². The number of imidazole rings is 1. The monoisotopic (exact) mass is 292 g/mol. The molecule has 1 aliphatic heterocycles. The Morgan fingerprint density at radius 1 is 1.50 bits per heavy atom. The van der Waals surface area contributed by atoms with Crippen LogP contribution in [0.4, 0.5) is 5.82 Å². The molecule has 0 bridgehead atoms. The van der Waals surface area contributed by atoms with Crippen molar-refractivity contribution >= 4 is 22.1 Å². The lowest BCUT2D eigenvalue weighted by atomic mass is 10.0. The van der Waals surface area contributed by atoms with E-state index >= 15 is 0 Å². The van der Waals surface area contributed by atoms with Crippen LogP contribution in [0.2, 0.25) is 0 Å². The Balaban J connectivity index is 1.99. The second kappa shape index (κ2) is 5.74. The Labute approximate surface area is 124 Å². The number of thiazole rings is 1. The van der Waals surface area contributed by atoms with Gasteiger partial charge in [0.15, 0.2) is 10.8 Å². The van der Waals surface area contributed by atoms with Crippen molar-refractivity contribution in [2.24, 2.45) is 5.92 Å². The number of nitrogens with zero attached hydrogens (tertiary/aromatic N) is 3. The standard InChI is InChI=1S/C15H24N4S/c1-4-16-10-13-14(17-15-19(13)8-9-20-15)18-7-5-6-12(18)11(2)3/h8-9,11-12,16H,4-7,10H2,1-3H3. The summed E-state index contributed by atoms with van der Waals surface area (Å²) in [5.41, 5.74) is 1.32. The highest BCUT2D eigenvalue weighted by Crippen LogP contribution is 2.33. The smallest absolute Gasteiger partial charge is 0.195 e. The summed E-state index contributed by atoms with van der Waals surface area (Å²) < 4.78 is 2.25. The zero-order valence-electron chi connectivity index (χ0n) is 12.6. The first kappa shape index (κ1) is 13.9. The molecule has 0 saturated carbocycles. The number of nitrogens with one attached hydrogen (secondary N) is 1. The predicted octanol–water partition coefficient (Wildman–Crippen LogP) is 3.13. The van der Waals surface area contributed by atoms with Gasteiger partial charge in [0.2, 0.25) is 0 Å². The molecule has 0 amide bonds. The summed E-state index contributed by atoms with van der Waals surface area (Å²) >= 11 is 1.72. The fourth-order valence-electron chi connectivity index (χ4n) is 3.21. The quantitative estimate of drug-likeness (QED) is 0.919. The van der Waals surface area contributed by atoms with Gasteiger partial charge in [-0.25, -0.2) is 4.98 Å². The molecule has 1 N–H and O–H groups in total. The molecule has 110 valence electrons. The molecule has 0 radical (unpaired) electrons. The average Bonchev–Trinajstić information content (AvgIpc) is 3.11. The van der Waals surface area contributed by atoms with Crippen molar-refractivity contribution in [3.8, 4) is 0 Å². The fraction of sp³-hybridized carbons (Fsp3) is 0.667. The summed E-state index contributed by atoms with van der Waals surface area (Å²) in [4.78, 5) is 8.56. The van der Waals surface area contributed by atoms with Crippen LogP contribution in [-0.2, 0) is 6.54 Å². The molecule has 1 atom stereocenters. The van der Waals surface area contributed by atoms with E-state index in [0.717, 1.165) is 24.6 Å². The molecule has 1 saturated heterocycles. The summed E-state index contributed by atoms with van der Waals surface area (Å²) in [6.07, 6.45) is 4.72. The summed E-state index contributed by atoms with van der Waals surface area (Å²) in [5.74, 6) is 1.89. The second-order valence-corrected chi connectivity index (χ2v) is 6.74. The molecule has 3 heterocycles. The third-order valence-corrected chi connectivity index (χ3v) is 4.98. The van der Waals surface area contributed by atoms with Crippen LogP contribution < -0.4 is 10.2 Å². The molecule has 1 fully saturated rings. The van der Waals surface area contributed by atoms with Crippen LogP contribution in [0.25, 0.3) is 4.96 Å². The highest BCUT2D eigenvalue weighted by atomic mass is 32.1. The Morgan fingerprint density at radius 3 is 3.10 bits per heavy atom. The summed E-state index contributed by atoms with van der Waals surface area (Å²) in [6, 6.07) is 0.639. The van der Waals surface area contributed by atoms with Gasteiger partial charge in [-0.3, -0.25) is 4.40 Å². The molecule has 3 rings (SSSR count). The SMILES string of the molecule is CCNCc1c(N2CCCC2C(C)C)nc2sccn12. The molecule has 4 nitrogen and oxygen atoms in total. The molecule has 1 aliphatic rings. The summed E-state index contributed by atoms with van der Waals surface area (Å²) in [6.45, 7) is 9.83. The van der Waals surface area contributed by atoms with E-state index in [0.29, 0.717) is 12.0 Å². The average molecular weight is 292 g/mol. The van der Waals surface area contributed by atoms with Crippen molar-refractivity contribution in [2.45, 2.75) is 46.2 Å². The van der Waals surface area contributed by atoms with Crippen molar-refractivity contribution in [2.75, 3.05) is 18.0 Å². The maximum atomic E-state index is 4.91. The molecule has 5 heteroatoms. The minimum absolute atomic E-state index is 0.639. The van der Waals surface area contributed by atoms with Crippen LogP contribution in [0, 0.1) is 5.92 Å². The van der Waals surface area contributed by atoms with E-state index in [1.165, 1.54) is 24.4 Å². The molecule has 2 aromatic rings. The van der Waals surface area contributed by atoms with Crippen molar-refractivity contribution in [3.63, 3.8) is 0 Å². The van der Waals surface area contributed by atoms with Crippen molar-refractivity contribution in [3.05, 3.63) is 17.3 Å². The predicted molar refractivity (Wildman–Crippen MR) is 85.7 cm³/mol. The van der Waals surface area contributed by atoms with Gasteiger partial charge in [0.25, 0.3) is 0 Å². The van der Waals surface area contributed by atoms with Gasteiger partial charge >= 0.3 is 0 Å². The maximum Gasteiger partial charge on any atom is 0.195 e. The topological polar surface area (TPSA) is 32.6 Å². The summed E-state index contributed by atoms with van der Waals surface area (Å²) in [7, 11) is 0. The van der Waals surface area contributed by atoms with Gasteiger partial charge in [-0.05, 0) is 25.3 Å². The highest BCUT2D eigenvalue weighted by Gasteiger charge is 2.31. The molecule has 0 aromatic carbocycles. The van der Waals surface area contributed by atoms with E-state index in [9.17, 15) is 0 Å². The second-order valence-electron chi connectivity index (χ2n) is 5.87. The van der Waals surface area contributed by atoms with Gasteiger partial charge in [0.1, 0.15) is 0 Å². The normalized spacial score (nSPS) is 19.6. The lowest BCUT2D eigenvalue weighted by Gasteiger charge is -2.28.